The summed E-state index contributed by atoms with van der Waals surface area (Å²) in [6, 6.07) is 4.02. The molecular weight excluding hydrogens is 244 g/mol. The van der Waals surface area contributed by atoms with E-state index in [-0.39, 0.29) is 18.4 Å². The van der Waals surface area contributed by atoms with Crippen molar-refractivity contribution in [3.63, 3.8) is 0 Å². The van der Waals surface area contributed by atoms with Crippen molar-refractivity contribution in [3.8, 4) is 0 Å². The summed E-state index contributed by atoms with van der Waals surface area (Å²) in [6.45, 7) is 1.96. The van der Waals surface area contributed by atoms with E-state index in [2.05, 4.69) is 16.0 Å². The highest BCUT2D eigenvalue weighted by Gasteiger charge is 2.19. The second-order valence-electron chi connectivity index (χ2n) is 4.64. The van der Waals surface area contributed by atoms with Gasteiger partial charge < -0.3 is 20.5 Å². The predicted molar refractivity (Wildman–Crippen MR) is 72.0 cm³/mol. The van der Waals surface area contributed by atoms with Crippen LogP contribution in [-0.4, -0.2) is 43.1 Å². The van der Waals surface area contributed by atoms with Crippen molar-refractivity contribution in [1.29, 1.82) is 0 Å². The molecule has 2 rings (SSSR count). The molecule has 1 aliphatic heterocycles. The third-order valence-electron chi connectivity index (χ3n) is 3.40. The molecule has 0 aliphatic carbocycles. The van der Waals surface area contributed by atoms with Crippen LogP contribution in [0.15, 0.2) is 18.3 Å². The number of nitrogens with zero attached hydrogens (tertiary/aromatic N) is 1. The maximum Gasteiger partial charge on any atom is 0.268 e. The fourth-order valence-corrected chi connectivity index (χ4v) is 2.33. The number of hydrogen-bond acceptors (Lipinski definition) is 3. The first-order valence-electron chi connectivity index (χ1n) is 6.58. The Balaban J connectivity index is 2.01. The van der Waals surface area contributed by atoms with E-state index < -0.39 is 0 Å². The fourth-order valence-electron chi connectivity index (χ4n) is 2.33. The number of piperidine rings is 1. The molecular formula is C13H20N4O2. The molecule has 3 N–H and O–H groups in total. The fraction of sp³-hybridized carbons (Fsp3) is 0.538. The minimum Gasteiger partial charge on any atom is -0.358 e. The number of rotatable bonds is 4. The summed E-state index contributed by atoms with van der Waals surface area (Å²) >= 11 is 0. The molecule has 0 radical (unpaired) electrons. The summed E-state index contributed by atoms with van der Waals surface area (Å²) in [7, 11) is 1.55. The lowest BCUT2D eigenvalue weighted by molar-refractivity contribution is -0.119. The highest BCUT2D eigenvalue weighted by Crippen LogP contribution is 2.21. The molecule has 1 saturated heterocycles. The van der Waals surface area contributed by atoms with Crippen molar-refractivity contribution in [2.24, 2.45) is 0 Å². The summed E-state index contributed by atoms with van der Waals surface area (Å²) in [5.74, 6) is -0.402. The van der Waals surface area contributed by atoms with Gasteiger partial charge in [0.15, 0.2) is 0 Å². The molecule has 1 aliphatic rings. The minimum atomic E-state index is -0.202. The van der Waals surface area contributed by atoms with Crippen LogP contribution in [0.1, 0.15) is 29.4 Å². The lowest BCUT2D eigenvalue weighted by Crippen LogP contribution is -2.37. The maximum absolute atomic E-state index is 12.1. The topological polar surface area (TPSA) is 75.2 Å². The van der Waals surface area contributed by atoms with Crippen LogP contribution in [0.3, 0.4) is 0 Å². The maximum atomic E-state index is 12.1. The zero-order chi connectivity index (χ0) is 13.7. The normalized spacial score (nSPS) is 16.1. The van der Waals surface area contributed by atoms with Gasteiger partial charge in [0, 0.05) is 19.3 Å². The van der Waals surface area contributed by atoms with Crippen LogP contribution in [0.2, 0.25) is 0 Å². The summed E-state index contributed by atoms with van der Waals surface area (Å²) in [4.78, 5) is 23.2. The SMILES string of the molecule is CNC(=O)CNC(=O)c1cccn1C1CCNCC1. The Morgan fingerprint density at radius 1 is 1.42 bits per heavy atom. The summed E-state index contributed by atoms with van der Waals surface area (Å²) in [5.41, 5.74) is 0.621. The van der Waals surface area contributed by atoms with E-state index in [0.29, 0.717) is 11.7 Å². The number of carbonyl (C=O) groups excluding carboxylic acids is 2. The van der Waals surface area contributed by atoms with Gasteiger partial charge in [-0.1, -0.05) is 0 Å². The molecule has 1 fully saturated rings. The largest absolute Gasteiger partial charge is 0.358 e. The van der Waals surface area contributed by atoms with Gasteiger partial charge in [-0.05, 0) is 38.1 Å². The van der Waals surface area contributed by atoms with Gasteiger partial charge in [-0.15, -0.1) is 0 Å². The molecule has 0 atom stereocenters. The van der Waals surface area contributed by atoms with E-state index in [4.69, 9.17) is 0 Å². The number of aromatic nitrogens is 1. The molecule has 2 heterocycles. The zero-order valence-corrected chi connectivity index (χ0v) is 11.1. The third kappa shape index (κ3) is 3.35. The number of nitrogens with one attached hydrogen (secondary N) is 3. The second-order valence-corrected chi connectivity index (χ2v) is 4.64. The van der Waals surface area contributed by atoms with E-state index in [1.807, 2.05) is 16.8 Å². The van der Waals surface area contributed by atoms with Gasteiger partial charge in [-0.25, -0.2) is 0 Å². The molecule has 2 amide bonds. The van der Waals surface area contributed by atoms with Gasteiger partial charge in [0.1, 0.15) is 5.69 Å². The molecule has 0 bridgehead atoms. The summed E-state index contributed by atoms with van der Waals surface area (Å²) in [5, 5.41) is 8.41. The van der Waals surface area contributed by atoms with Crippen LogP contribution < -0.4 is 16.0 Å². The molecule has 1 aromatic rings. The van der Waals surface area contributed by atoms with Gasteiger partial charge in [0.05, 0.1) is 6.54 Å². The van der Waals surface area contributed by atoms with Crippen molar-refractivity contribution in [3.05, 3.63) is 24.0 Å². The average molecular weight is 264 g/mol. The molecule has 0 spiro atoms. The second kappa shape index (κ2) is 6.38. The first-order valence-corrected chi connectivity index (χ1v) is 6.58. The number of likely N-dealkylation sites (N-methyl/N-ethyl adjacent to an activating group) is 1. The quantitative estimate of drug-likeness (QED) is 0.710. The third-order valence-corrected chi connectivity index (χ3v) is 3.40. The van der Waals surface area contributed by atoms with Crippen molar-refractivity contribution >= 4 is 11.8 Å². The van der Waals surface area contributed by atoms with E-state index in [9.17, 15) is 9.59 Å². The Kier molecular flexibility index (Phi) is 4.57. The summed E-state index contributed by atoms with van der Waals surface area (Å²) in [6.07, 6.45) is 3.97. The molecule has 6 nitrogen and oxygen atoms in total. The molecule has 6 heteroatoms. The van der Waals surface area contributed by atoms with Crippen molar-refractivity contribution < 1.29 is 9.59 Å². The van der Waals surface area contributed by atoms with Gasteiger partial charge in [-0.2, -0.15) is 0 Å². The first-order chi connectivity index (χ1) is 9.22. The molecule has 19 heavy (non-hydrogen) atoms. The van der Waals surface area contributed by atoms with Crippen LogP contribution in [-0.2, 0) is 4.79 Å². The highest BCUT2D eigenvalue weighted by molar-refractivity contribution is 5.95. The lowest BCUT2D eigenvalue weighted by Gasteiger charge is -2.25. The van der Waals surface area contributed by atoms with Crippen molar-refractivity contribution in [2.75, 3.05) is 26.7 Å². The molecule has 0 unspecified atom stereocenters. The summed E-state index contributed by atoms with van der Waals surface area (Å²) < 4.78 is 2.01. The monoisotopic (exact) mass is 264 g/mol. The van der Waals surface area contributed by atoms with Gasteiger partial charge in [0.2, 0.25) is 5.91 Å². The van der Waals surface area contributed by atoms with Crippen LogP contribution in [0, 0.1) is 0 Å². The molecule has 104 valence electrons. The van der Waals surface area contributed by atoms with Gasteiger partial charge >= 0.3 is 0 Å². The van der Waals surface area contributed by atoms with E-state index >= 15 is 0 Å². The van der Waals surface area contributed by atoms with Gasteiger partial charge in [-0.3, -0.25) is 9.59 Å². The number of hydrogen-bond donors (Lipinski definition) is 3. The highest BCUT2D eigenvalue weighted by atomic mass is 16.2. The molecule has 1 aromatic heterocycles. The van der Waals surface area contributed by atoms with Gasteiger partial charge in [0.25, 0.3) is 5.91 Å². The van der Waals surface area contributed by atoms with Crippen molar-refractivity contribution in [1.82, 2.24) is 20.5 Å². The molecule has 0 saturated carbocycles. The Bertz CT molecular complexity index is 449. The van der Waals surface area contributed by atoms with Crippen LogP contribution in [0.5, 0.6) is 0 Å². The Morgan fingerprint density at radius 3 is 2.84 bits per heavy atom. The lowest BCUT2D eigenvalue weighted by atomic mass is 10.1. The molecule has 0 aromatic carbocycles. The zero-order valence-electron chi connectivity index (χ0n) is 11.1. The Labute approximate surface area is 112 Å². The first kappa shape index (κ1) is 13.6. The van der Waals surface area contributed by atoms with Crippen LogP contribution >= 0.6 is 0 Å². The van der Waals surface area contributed by atoms with Crippen molar-refractivity contribution in [2.45, 2.75) is 18.9 Å². The van der Waals surface area contributed by atoms with E-state index in [0.717, 1.165) is 25.9 Å². The average Bonchev–Trinajstić information content (AvgIpc) is 2.94. The van der Waals surface area contributed by atoms with Crippen LogP contribution in [0.4, 0.5) is 0 Å². The smallest absolute Gasteiger partial charge is 0.268 e. The number of amides is 2. The Hall–Kier alpha value is -1.82. The van der Waals surface area contributed by atoms with Crippen LogP contribution in [0.25, 0.3) is 0 Å². The van der Waals surface area contributed by atoms with E-state index in [1.165, 1.54) is 0 Å². The Morgan fingerprint density at radius 2 is 2.16 bits per heavy atom. The van der Waals surface area contributed by atoms with E-state index in [1.54, 1.807) is 13.1 Å². The standard InChI is InChI=1S/C13H20N4O2/c1-14-12(18)9-16-13(19)11-3-2-8-17(11)10-4-6-15-7-5-10/h2-3,8,10,15H,4-7,9H2,1H3,(H,14,18)(H,16,19). The predicted octanol–water partition coefficient (Wildman–Crippen LogP) is -0.112. The number of carbonyl (C=O) groups is 2. The minimum absolute atomic E-state index is 0.00668.